The Kier molecular flexibility index (Phi) is 10.9. The van der Waals surface area contributed by atoms with E-state index in [0.717, 1.165) is 50.9 Å². The molecule has 0 aliphatic carbocycles. The van der Waals surface area contributed by atoms with Gasteiger partial charge in [0, 0.05) is 19.7 Å². The van der Waals surface area contributed by atoms with Crippen LogP contribution in [-0.4, -0.2) is 38.4 Å². The number of benzene rings is 1. The van der Waals surface area contributed by atoms with Gasteiger partial charge in [0.2, 0.25) is 0 Å². The molecule has 2 rings (SSSR count). The van der Waals surface area contributed by atoms with Gasteiger partial charge in [-0.2, -0.15) is 0 Å². The Bertz CT molecular complexity index is 500. The van der Waals surface area contributed by atoms with E-state index in [1.807, 2.05) is 12.1 Å². The number of nitrogens with zero attached hydrogens (tertiary/aromatic N) is 1. The molecule has 25 heavy (non-hydrogen) atoms. The molecule has 6 heteroatoms. The Labute approximate surface area is 169 Å². The normalized spacial score (nSPS) is 17.3. The van der Waals surface area contributed by atoms with Crippen molar-refractivity contribution in [3.8, 4) is 5.75 Å². The molecule has 0 amide bonds. The number of ether oxygens (including phenoxy) is 2. The molecule has 2 N–H and O–H groups in total. The van der Waals surface area contributed by atoms with Gasteiger partial charge in [0.05, 0.1) is 19.3 Å². The molecule has 0 saturated carbocycles. The highest BCUT2D eigenvalue weighted by atomic mass is 127. The van der Waals surface area contributed by atoms with Gasteiger partial charge in [-0.1, -0.05) is 26.0 Å². The predicted octanol–water partition coefficient (Wildman–Crippen LogP) is 3.57. The lowest BCUT2D eigenvalue weighted by atomic mass is 10.2. The van der Waals surface area contributed by atoms with Crippen molar-refractivity contribution in [3.05, 3.63) is 29.8 Å². The van der Waals surface area contributed by atoms with E-state index in [4.69, 9.17) is 9.47 Å². The Hall–Kier alpha value is -1.02. The van der Waals surface area contributed by atoms with Crippen LogP contribution in [0.3, 0.4) is 0 Å². The summed E-state index contributed by atoms with van der Waals surface area (Å²) in [5.74, 6) is 2.29. The van der Waals surface area contributed by atoms with Crippen molar-refractivity contribution in [2.45, 2.75) is 46.3 Å². The maximum Gasteiger partial charge on any atom is 0.191 e. The van der Waals surface area contributed by atoms with Crippen LogP contribution < -0.4 is 15.4 Å². The summed E-state index contributed by atoms with van der Waals surface area (Å²) < 4.78 is 11.3. The second-order valence-corrected chi connectivity index (χ2v) is 6.56. The van der Waals surface area contributed by atoms with Crippen molar-refractivity contribution < 1.29 is 9.47 Å². The SMILES string of the molecule is CCNC(=NCc1ccc(OCC(C)C)cc1)NCC1CCCO1.I. The van der Waals surface area contributed by atoms with Crippen molar-refractivity contribution in [2.75, 3.05) is 26.3 Å². The van der Waals surface area contributed by atoms with Gasteiger partial charge in [-0.3, -0.25) is 0 Å². The zero-order valence-corrected chi connectivity index (χ0v) is 17.9. The fourth-order valence-corrected chi connectivity index (χ4v) is 2.48. The van der Waals surface area contributed by atoms with Crippen molar-refractivity contribution in [1.82, 2.24) is 10.6 Å². The molecule has 5 nitrogen and oxygen atoms in total. The largest absolute Gasteiger partial charge is 0.493 e. The quantitative estimate of drug-likeness (QED) is 0.353. The van der Waals surface area contributed by atoms with E-state index in [9.17, 15) is 0 Å². The van der Waals surface area contributed by atoms with E-state index in [2.05, 4.69) is 48.5 Å². The molecule has 0 spiro atoms. The molecular formula is C19H32IN3O2. The van der Waals surface area contributed by atoms with Gasteiger partial charge in [0.25, 0.3) is 0 Å². The highest BCUT2D eigenvalue weighted by molar-refractivity contribution is 14.0. The third-order valence-corrected chi connectivity index (χ3v) is 3.79. The summed E-state index contributed by atoms with van der Waals surface area (Å²) >= 11 is 0. The molecule has 1 heterocycles. The Morgan fingerprint density at radius 3 is 2.64 bits per heavy atom. The smallest absolute Gasteiger partial charge is 0.191 e. The average Bonchev–Trinajstić information content (AvgIpc) is 3.10. The molecular weight excluding hydrogens is 429 g/mol. The van der Waals surface area contributed by atoms with Crippen LogP contribution >= 0.6 is 24.0 Å². The van der Waals surface area contributed by atoms with Gasteiger partial charge < -0.3 is 20.1 Å². The zero-order valence-electron chi connectivity index (χ0n) is 15.6. The second-order valence-electron chi connectivity index (χ2n) is 6.56. The van der Waals surface area contributed by atoms with Crippen LogP contribution in [0.1, 0.15) is 39.2 Å². The highest BCUT2D eigenvalue weighted by Crippen LogP contribution is 2.14. The summed E-state index contributed by atoms with van der Waals surface area (Å²) in [7, 11) is 0. The number of hydrogen-bond donors (Lipinski definition) is 2. The topological polar surface area (TPSA) is 54.9 Å². The standard InChI is InChI=1S/C19H31N3O2.HI/c1-4-20-19(22-13-18-6-5-11-23-18)21-12-16-7-9-17(10-8-16)24-14-15(2)3;/h7-10,15,18H,4-6,11-14H2,1-3H3,(H2,20,21,22);1H. The van der Waals surface area contributed by atoms with Crippen LogP contribution in [0.4, 0.5) is 0 Å². The number of aliphatic imine (C=N–C) groups is 1. The molecule has 0 radical (unpaired) electrons. The molecule has 1 aromatic carbocycles. The maximum absolute atomic E-state index is 5.71. The molecule has 142 valence electrons. The van der Waals surface area contributed by atoms with Gasteiger partial charge >= 0.3 is 0 Å². The molecule has 1 aromatic rings. The van der Waals surface area contributed by atoms with E-state index in [1.54, 1.807) is 0 Å². The maximum atomic E-state index is 5.71. The first-order valence-electron chi connectivity index (χ1n) is 9.03. The summed E-state index contributed by atoms with van der Waals surface area (Å²) in [4.78, 5) is 4.65. The minimum atomic E-state index is 0. The number of halogens is 1. The van der Waals surface area contributed by atoms with Gasteiger partial charge in [-0.05, 0) is 43.4 Å². The monoisotopic (exact) mass is 461 g/mol. The van der Waals surface area contributed by atoms with Crippen molar-refractivity contribution >= 4 is 29.9 Å². The Morgan fingerprint density at radius 2 is 2.04 bits per heavy atom. The van der Waals surface area contributed by atoms with Gasteiger partial charge in [-0.15, -0.1) is 24.0 Å². The molecule has 0 aromatic heterocycles. The van der Waals surface area contributed by atoms with Crippen LogP contribution in [0.25, 0.3) is 0 Å². The van der Waals surface area contributed by atoms with Crippen LogP contribution in [0.15, 0.2) is 29.3 Å². The second kappa shape index (κ2) is 12.4. The molecule has 0 bridgehead atoms. The molecule has 1 aliphatic rings. The Balaban J connectivity index is 0.00000312. The number of rotatable bonds is 8. The lowest BCUT2D eigenvalue weighted by Gasteiger charge is -2.14. The van der Waals surface area contributed by atoms with E-state index in [0.29, 0.717) is 18.6 Å². The first-order chi connectivity index (χ1) is 11.7. The minimum absolute atomic E-state index is 0. The van der Waals surface area contributed by atoms with Gasteiger partial charge in [0.1, 0.15) is 5.75 Å². The molecule has 1 saturated heterocycles. The summed E-state index contributed by atoms with van der Waals surface area (Å²) in [6, 6.07) is 8.17. The van der Waals surface area contributed by atoms with Crippen LogP contribution in [0.2, 0.25) is 0 Å². The lowest BCUT2D eigenvalue weighted by Crippen LogP contribution is -2.41. The van der Waals surface area contributed by atoms with Crippen molar-refractivity contribution in [2.24, 2.45) is 10.9 Å². The van der Waals surface area contributed by atoms with E-state index < -0.39 is 0 Å². The van der Waals surface area contributed by atoms with Crippen LogP contribution in [0.5, 0.6) is 5.75 Å². The lowest BCUT2D eigenvalue weighted by molar-refractivity contribution is 0.114. The molecule has 1 atom stereocenters. The fourth-order valence-electron chi connectivity index (χ4n) is 2.48. The van der Waals surface area contributed by atoms with E-state index >= 15 is 0 Å². The average molecular weight is 461 g/mol. The van der Waals surface area contributed by atoms with E-state index in [-0.39, 0.29) is 24.0 Å². The van der Waals surface area contributed by atoms with Gasteiger partial charge in [-0.25, -0.2) is 4.99 Å². The fraction of sp³-hybridized carbons (Fsp3) is 0.632. The van der Waals surface area contributed by atoms with E-state index in [1.165, 1.54) is 5.56 Å². The summed E-state index contributed by atoms with van der Waals surface area (Å²) in [6.07, 6.45) is 2.60. The first-order valence-corrected chi connectivity index (χ1v) is 9.03. The number of nitrogens with one attached hydrogen (secondary N) is 2. The zero-order chi connectivity index (χ0) is 17.2. The highest BCUT2D eigenvalue weighted by Gasteiger charge is 2.15. The number of hydrogen-bond acceptors (Lipinski definition) is 3. The third-order valence-electron chi connectivity index (χ3n) is 3.79. The molecule has 1 unspecified atom stereocenters. The van der Waals surface area contributed by atoms with Crippen molar-refractivity contribution in [1.29, 1.82) is 0 Å². The number of guanidine groups is 1. The summed E-state index contributed by atoms with van der Waals surface area (Å²) in [5, 5.41) is 6.65. The molecule has 1 aliphatic heterocycles. The Morgan fingerprint density at radius 1 is 1.28 bits per heavy atom. The molecule has 1 fully saturated rings. The predicted molar refractivity (Wildman–Crippen MR) is 114 cm³/mol. The van der Waals surface area contributed by atoms with Crippen LogP contribution in [-0.2, 0) is 11.3 Å². The minimum Gasteiger partial charge on any atom is -0.493 e. The van der Waals surface area contributed by atoms with Crippen molar-refractivity contribution in [3.63, 3.8) is 0 Å². The summed E-state index contributed by atoms with van der Waals surface area (Å²) in [5.41, 5.74) is 1.17. The van der Waals surface area contributed by atoms with Gasteiger partial charge in [0.15, 0.2) is 5.96 Å². The first kappa shape index (κ1) is 22.0. The van der Waals surface area contributed by atoms with Crippen LogP contribution in [0, 0.1) is 5.92 Å². The summed E-state index contributed by atoms with van der Waals surface area (Å²) in [6.45, 7) is 10.3. The third kappa shape index (κ3) is 8.76.